The van der Waals surface area contributed by atoms with Crippen molar-refractivity contribution in [2.24, 2.45) is 10.8 Å². The Kier molecular flexibility index (Phi) is 9.96. The lowest BCUT2D eigenvalue weighted by Crippen LogP contribution is -2.63. The number of fused-ring (bicyclic) bond motifs is 8. The highest BCUT2D eigenvalue weighted by Crippen LogP contribution is 2.60. The van der Waals surface area contributed by atoms with Gasteiger partial charge >= 0.3 is 0 Å². The molecule has 0 amide bonds. The Hall–Kier alpha value is -3.50. The van der Waals surface area contributed by atoms with E-state index >= 15 is 0 Å². The van der Waals surface area contributed by atoms with Gasteiger partial charge in [-0.15, -0.1) is 0 Å². The molecule has 0 N–H and O–H groups in total. The van der Waals surface area contributed by atoms with Crippen molar-refractivity contribution >= 4 is 62.2 Å². The molecule has 0 saturated carbocycles. The molecule has 366 valence electrons. The molecule has 2 aliphatic heterocycles. The Morgan fingerprint density at radius 3 is 1.70 bits per heavy atom. The second-order valence-electron chi connectivity index (χ2n) is 30.1. The molecule has 4 heteroatoms. The van der Waals surface area contributed by atoms with E-state index in [9.17, 15) is 0 Å². The molecule has 0 saturated heterocycles. The van der Waals surface area contributed by atoms with Gasteiger partial charge in [0.15, 0.2) is 0 Å². The van der Waals surface area contributed by atoms with Gasteiger partial charge in [-0.05, 0) is 194 Å². The summed E-state index contributed by atoms with van der Waals surface area (Å²) in [6.45, 7) is 50.5. The molecule has 0 radical (unpaired) electrons. The quantitative estimate of drug-likeness (QED) is 0.163. The fraction of sp³-hybridized carbons (Fsp3) is 0.600. The lowest BCUT2D eigenvalue weighted by molar-refractivity contribution is 0.255. The number of hydrogen-bond donors (Lipinski definition) is 0. The van der Waals surface area contributed by atoms with Crippen LogP contribution in [0.4, 0.5) is 28.4 Å². The zero-order chi connectivity index (χ0) is 49.9. The average Bonchev–Trinajstić information content (AvgIpc) is 3.67. The molecule has 0 spiro atoms. The van der Waals surface area contributed by atoms with E-state index in [1.165, 1.54) is 113 Å². The number of nitrogens with zero attached hydrogens (tertiary/aromatic N) is 2. The van der Waals surface area contributed by atoms with Crippen molar-refractivity contribution in [3.05, 3.63) is 104 Å². The first-order chi connectivity index (χ1) is 31.7. The van der Waals surface area contributed by atoms with Gasteiger partial charge in [0.1, 0.15) is 0 Å². The first-order valence-electron chi connectivity index (χ1n) is 27.4. The van der Waals surface area contributed by atoms with Gasteiger partial charge < -0.3 is 9.80 Å². The normalized spacial score (nSPS) is 25.6. The molecule has 1 atom stereocenters. The fourth-order valence-electron chi connectivity index (χ4n) is 14.9. The highest BCUT2D eigenvalue weighted by molar-refractivity contribution is 7.29. The largest absolute Gasteiger partial charge is 0.335 e. The van der Waals surface area contributed by atoms with E-state index in [2.05, 4.69) is 208 Å². The summed E-state index contributed by atoms with van der Waals surface area (Å²) in [5.74, 6) is 0. The molecule has 1 aromatic heterocycles. The van der Waals surface area contributed by atoms with Crippen LogP contribution >= 0.6 is 11.3 Å². The predicted octanol–water partition coefficient (Wildman–Crippen LogP) is 16.7. The van der Waals surface area contributed by atoms with Crippen LogP contribution < -0.4 is 25.5 Å². The molecule has 0 fully saturated rings. The number of rotatable bonds is 2. The summed E-state index contributed by atoms with van der Waals surface area (Å²) in [6, 6.07) is 18.9. The molecule has 3 aromatic carbocycles. The van der Waals surface area contributed by atoms with E-state index in [-0.39, 0.29) is 61.5 Å². The van der Waals surface area contributed by atoms with Gasteiger partial charge in [-0.1, -0.05) is 161 Å². The zero-order valence-electron chi connectivity index (χ0n) is 46.9. The van der Waals surface area contributed by atoms with Crippen LogP contribution in [0.1, 0.15) is 235 Å². The van der Waals surface area contributed by atoms with Crippen molar-refractivity contribution in [3.8, 4) is 0 Å². The van der Waals surface area contributed by atoms with E-state index < -0.39 is 0 Å². The van der Waals surface area contributed by atoms with Crippen LogP contribution in [0.3, 0.4) is 0 Å². The Labute approximate surface area is 424 Å². The van der Waals surface area contributed by atoms with E-state index in [1.807, 2.05) is 0 Å². The van der Waals surface area contributed by atoms with Crippen molar-refractivity contribution in [1.82, 2.24) is 0 Å². The van der Waals surface area contributed by atoms with Gasteiger partial charge in [0, 0.05) is 32.4 Å². The van der Waals surface area contributed by atoms with Gasteiger partial charge in [-0.2, -0.15) is 11.3 Å². The van der Waals surface area contributed by atoms with Crippen LogP contribution in [0.15, 0.2) is 65.3 Å². The van der Waals surface area contributed by atoms with Gasteiger partial charge in [0.05, 0.1) is 11.7 Å². The maximum Gasteiger partial charge on any atom is 0.264 e. The summed E-state index contributed by atoms with van der Waals surface area (Å²) in [7, 11) is 0. The van der Waals surface area contributed by atoms with Gasteiger partial charge in [-0.25, -0.2) is 0 Å². The first kappa shape index (κ1) is 47.8. The van der Waals surface area contributed by atoms with Gasteiger partial charge in [0.25, 0.3) is 6.71 Å². The molecule has 11 rings (SSSR count). The Morgan fingerprint density at radius 2 is 1.07 bits per heavy atom. The van der Waals surface area contributed by atoms with Crippen LogP contribution in [0, 0.1) is 10.8 Å². The molecule has 0 bridgehead atoms. The number of anilines is 5. The third-order valence-corrected chi connectivity index (χ3v) is 22.0. The minimum absolute atomic E-state index is 0.0338. The van der Waals surface area contributed by atoms with Crippen LogP contribution in [0.25, 0.3) is 0 Å². The predicted molar refractivity (Wildman–Crippen MR) is 303 cm³/mol. The highest BCUT2D eigenvalue weighted by Gasteiger charge is 2.54. The third kappa shape index (κ3) is 6.87. The minimum atomic E-state index is -0.0689. The van der Waals surface area contributed by atoms with Crippen molar-refractivity contribution < 1.29 is 0 Å². The summed E-state index contributed by atoms with van der Waals surface area (Å²) in [5.41, 5.74) is 25.1. The topological polar surface area (TPSA) is 6.48 Å². The van der Waals surface area contributed by atoms with E-state index in [0.717, 1.165) is 6.42 Å². The lowest BCUT2D eigenvalue weighted by Gasteiger charge is -2.52. The van der Waals surface area contributed by atoms with Crippen molar-refractivity contribution in [2.75, 3.05) is 9.80 Å². The van der Waals surface area contributed by atoms with Crippen molar-refractivity contribution in [3.63, 3.8) is 0 Å². The fourth-order valence-corrected chi connectivity index (χ4v) is 16.7. The standard InChI is InChI=1S/C65H87BN2S/c1-38-31-42-45(62(13,14)27-25-59(42,7)8)36-48(38)68-49-37-46-44(61(11,12)26-28-63(46,15)16)35-47(49)66-53-50(32-39(33-51(53)68)57(2,3)4)67(40-21-22-41-43(34-40)60(9,10)24-23-58(41,5)6)54-52-55(69-56(54)66)65(19,20)30-29-64(52,17)18/h21-22,31-35,37,48H,23-30,36H2,1-20H3. The van der Waals surface area contributed by atoms with Crippen LogP contribution in [0.5, 0.6) is 0 Å². The smallest absolute Gasteiger partial charge is 0.264 e. The molecule has 2 nitrogen and oxygen atoms in total. The van der Waals surface area contributed by atoms with Crippen molar-refractivity contribution in [2.45, 2.75) is 240 Å². The highest BCUT2D eigenvalue weighted by atomic mass is 32.1. The summed E-state index contributed by atoms with van der Waals surface area (Å²) in [5, 5.41) is 0. The number of benzene rings is 3. The van der Waals surface area contributed by atoms with E-state index in [4.69, 9.17) is 0 Å². The second kappa shape index (κ2) is 14.4. The first-order valence-corrected chi connectivity index (χ1v) is 28.2. The molecule has 3 heterocycles. The summed E-state index contributed by atoms with van der Waals surface area (Å²) in [6.07, 6.45) is 13.5. The van der Waals surface area contributed by atoms with Crippen LogP contribution in [0.2, 0.25) is 0 Å². The summed E-state index contributed by atoms with van der Waals surface area (Å²) < 4.78 is 1.57. The van der Waals surface area contributed by atoms with Crippen LogP contribution in [-0.2, 0) is 37.9 Å². The molecule has 4 aromatic rings. The van der Waals surface area contributed by atoms with Gasteiger partial charge in [0.2, 0.25) is 0 Å². The SMILES string of the molecule is CC1=CC2=C(CC1N1c3cc4c(cc3B3c5sc6c(c5N(c5ccc7c(c5)C(C)(C)CCC7(C)C)c5cc(C(C)(C)C)cc1c53)C(C)(C)CCC6(C)C)C(C)(C)CCC4(C)C)C(C)(C)CCC2(C)C. The Balaban J connectivity index is 1.29. The maximum atomic E-state index is 2.95. The number of thiophene rings is 1. The molecular weight excluding hydrogens is 852 g/mol. The number of allylic oxidation sites excluding steroid dienone is 2. The minimum Gasteiger partial charge on any atom is -0.335 e. The zero-order valence-corrected chi connectivity index (χ0v) is 47.8. The molecule has 5 aliphatic carbocycles. The summed E-state index contributed by atoms with van der Waals surface area (Å²) in [4.78, 5) is 7.44. The summed E-state index contributed by atoms with van der Waals surface area (Å²) >= 11 is 2.20. The lowest BCUT2D eigenvalue weighted by atomic mass is 9.35. The third-order valence-electron chi connectivity index (χ3n) is 20.4. The average molecular weight is 939 g/mol. The molecule has 1 unspecified atom stereocenters. The Bertz CT molecular complexity index is 2940. The molecule has 69 heavy (non-hydrogen) atoms. The Morgan fingerprint density at radius 1 is 0.551 bits per heavy atom. The molecule has 7 aliphatic rings. The maximum absolute atomic E-state index is 2.95. The second-order valence-corrected chi connectivity index (χ2v) is 31.1. The van der Waals surface area contributed by atoms with Crippen molar-refractivity contribution in [1.29, 1.82) is 0 Å². The van der Waals surface area contributed by atoms with Gasteiger partial charge in [-0.3, -0.25) is 0 Å². The van der Waals surface area contributed by atoms with E-state index in [0.29, 0.717) is 0 Å². The van der Waals surface area contributed by atoms with Crippen LogP contribution in [-0.4, -0.2) is 12.8 Å². The number of hydrogen-bond acceptors (Lipinski definition) is 3. The monoisotopic (exact) mass is 939 g/mol. The van der Waals surface area contributed by atoms with E-state index in [1.54, 1.807) is 37.5 Å². The molecular formula is C65H87BN2S.